The van der Waals surface area contributed by atoms with Crippen molar-refractivity contribution in [1.82, 2.24) is 0 Å². The van der Waals surface area contributed by atoms with E-state index in [1.807, 2.05) is 72.8 Å². The van der Waals surface area contributed by atoms with Gasteiger partial charge >= 0.3 is 0 Å². The summed E-state index contributed by atoms with van der Waals surface area (Å²) in [5.41, 5.74) is 1.98. The number of hydrogen-bond donors (Lipinski definition) is 0. The van der Waals surface area contributed by atoms with E-state index in [0.717, 1.165) is 11.1 Å². The molecule has 5 nitrogen and oxygen atoms in total. The summed E-state index contributed by atoms with van der Waals surface area (Å²) >= 11 is 0. The highest BCUT2D eigenvalue weighted by Gasteiger charge is 2.48. The molecule has 1 fully saturated rings. The van der Waals surface area contributed by atoms with Gasteiger partial charge < -0.3 is 23.7 Å². The average Bonchev–Trinajstić information content (AvgIpc) is 2.78. The third kappa shape index (κ3) is 5.53. The molecule has 2 aromatic carbocycles. The molecule has 6 heteroatoms. The SMILES string of the molecule is F[C@@H]1OC2COC/C=C\COC(C1OCc1ccccc1)[C@@H]2OCc1ccccc1. The van der Waals surface area contributed by atoms with Crippen molar-refractivity contribution in [2.45, 2.75) is 44.0 Å². The molecule has 2 aromatic rings. The predicted molar refractivity (Wildman–Crippen MR) is 110 cm³/mol. The fourth-order valence-electron chi connectivity index (χ4n) is 3.65. The molecule has 2 heterocycles. The lowest BCUT2D eigenvalue weighted by molar-refractivity contribution is -0.295. The molecule has 2 aliphatic heterocycles. The van der Waals surface area contributed by atoms with Crippen molar-refractivity contribution in [3.05, 3.63) is 83.9 Å². The van der Waals surface area contributed by atoms with Gasteiger partial charge in [-0.2, -0.15) is 0 Å². The second-order valence-electron chi connectivity index (χ2n) is 7.35. The minimum absolute atomic E-state index is 0.218. The Morgan fingerprint density at radius 3 is 2.07 bits per heavy atom. The van der Waals surface area contributed by atoms with Crippen molar-refractivity contribution in [3.8, 4) is 0 Å². The third-order valence-corrected chi connectivity index (χ3v) is 5.20. The van der Waals surface area contributed by atoms with Crippen molar-refractivity contribution in [1.29, 1.82) is 0 Å². The third-order valence-electron chi connectivity index (χ3n) is 5.20. The number of halogens is 1. The minimum Gasteiger partial charge on any atom is -0.375 e. The predicted octanol–water partition coefficient (Wildman–Crippen LogP) is 3.82. The normalized spacial score (nSPS) is 30.5. The summed E-state index contributed by atoms with van der Waals surface area (Å²) in [5.74, 6) is 0. The van der Waals surface area contributed by atoms with Crippen LogP contribution in [0.1, 0.15) is 11.1 Å². The van der Waals surface area contributed by atoms with Crippen LogP contribution in [0.5, 0.6) is 0 Å². The van der Waals surface area contributed by atoms with Gasteiger partial charge in [-0.25, -0.2) is 4.39 Å². The first-order valence-electron chi connectivity index (χ1n) is 10.3. The number of alkyl halides is 1. The van der Waals surface area contributed by atoms with E-state index in [1.54, 1.807) is 0 Å². The summed E-state index contributed by atoms with van der Waals surface area (Å²) in [6.45, 7) is 1.59. The molecular weight excluding hydrogens is 387 g/mol. The molecule has 2 aliphatic rings. The van der Waals surface area contributed by atoms with Gasteiger partial charge in [-0.15, -0.1) is 0 Å². The molecule has 160 valence electrons. The maximum Gasteiger partial charge on any atom is 0.228 e. The van der Waals surface area contributed by atoms with Crippen molar-refractivity contribution in [2.24, 2.45) is 0 Å². The van der Waals surface area contributed by atoms with Gasteiger partial charge in [-0.05, 0) is 11.1 Å². The van der Waals surface area contributed by atoms with Gasteiger partial charge in [-0.1, -0.05) is 72.8 Å². The molecule has 4 rings (SSSR count). The summed E-state index contributed by atoms with van der Waals surface area (Å²) in [6, 6.07) is 19.5. The lowest BCUT2D eigenvalue weighted by Crippen LogP contribution is -2.60. The van der Waals surface area contributed by atoms with Gasteiger partial charge in [0.05, 0.1) is 33.0 Å². The quantitative estimate of drug-likeness (QED) is 0.673. The van der Waals surface area contributed by atoms with E-state index in [-0.39, 0.29) is 13.2 Å². The lowest BCUT2D eigenvalue weighted by atomic mass is 9.98. The lowest BCUT2D eigenvalue weighted by Gasteiger charge is -2.43. The van der Waals surface area contributed by atoms with E-state index < -0.39 is 30.8 Å². The summed E-state index contributed by atoms with van der Waals surface area (Å²) in [6.07, 6.45) is -0.528. The van der Waals surface area contributed by atoms with Crippen LogP contribution in [0.25, 0.3) is 0 Å². The van der Waals surface area contributed by atoms with Crippen LogP contribution in [0.15, 0.2) is 72.8 Å². The molecule has 30 heavy (non-hydrogen) atoms. The number of rotatable bonds is 6. The Labute approximate surface area is 176 Å². The zero-order valence-corrected chi connectivity index (χ0v) is 16.8. The van der Waals surface area contributed by atoms with E-state index in [4.69, 9.17) is 23.7 Å². The molecule has 0 aliphatic carbocycles. The molecule has 5 atom stereocenters. The second kappa shape index (κ2) is 10.8. The van der Waals surface area contributed by atoms with Crippen LogP contribution >= 0.6 is 0 Å². The first-order valence-corrected chi connectivity index (χ1v) is 10.3. The number of ether oxygens (including phenoxy) is 5. The molecule has 0 radical (unpaired) electrons. The maximum absolute atomic E-state index is 15.0. The van der Waals surface area contributed by atoms with Gasteiger partial charge in [0.25, 0.3) is 0 Å². The Morgan fingerprint density at radius 2 is 1.40 bits per heavy atom. The maximum atomic E-state index is 15.0. The van der Waals surface area contributed by atoms with Gasteiger partial charge in [0.2, 0.25) is 6.36 Å². The summed E-state index contributed by atoms with van der Waals surface area (Å²) in [7, 11) is 0. The van der Waals surface area contributed by atoms with Crippen LogP contribution in [0.3, 0.4) is 0 Å². The van der Waals surface area contributed by atoms with Crippen LogP contribution in [0.4, 0.5) is 4.39 Å². The largest absolute Gasteiger partial charge is 0.375 e. The molecule has 0 amide bonds. The van der Waals surface area contributed by atoms with Gasteiger partial charge in [0.15, 0.2) is 0 Å². The molecule has 0 aromatic heterocycles. The number of hydrogen-bond acceptors (Lipinski definition) is 5. The number of benzene rings is 2. The smallest absolute Gasteiger partial charge is 0.228 e. The average molecular weight is 414 g/mol. The van der Waals surface area contributed by atoms with Gasteiger partial charge in [0.1, 0.15) is 24.4 Å². The highest BCUT2D eigenvalue weighted by atomic mass is 19.1. The van der Waals surface area contributed by atoms with E-state index in [1.165, 1.54) is 0 Å². The zero-order chi connectivity index (χ0) is 20.6. The molecule has 3 unspecified atom stereocenters. The topological polar surface area (TPSA) is 46.2 Å². The molecule has 0 N–H and O–H groups in total. The molecule has 2 bridgehead atoms. The Balaban J connectivity index is 1.51. The Hall–Kier alpha value is -2.09. The minimum atomic E-state index is -1.63. The van der Waals surface area contributed by atoms with Crippen molar-refractivity contribution >= 4 is 0 Å². The fraction of sp³-hybridized carbons (Fsp3) is 0.417. The Kier molecular flexibility index (Phi) is 7.61. The second-order valence-corrected chi connectivity index (χ2v) is 7.35. The van der Waals surface area contributed by atoms with Crippen LogP contribution < -0.4 is 0 Å². The monoisotopic (exact) mass is 414 g/mol. The van der Waals surface area contributed by atoms with Crippen LogP contribution in [-0.2, 0) is 36.9 Å². The highest BCUT2D eigenvalue weighted by Crippen LogP contribution is 2.30. The first-order chi connectivity index (χ1) is 14.8. The van der Waals surface area contributed by atoms with E-state index in [9.17, 15) is 4.39 Å². The van der Waals surface area contributed by atoms with Crippen LogP contribution in [0.2, 0.25) is 0 Å². The fourth-order valence-corrected chi connectivity index (χ4v) is 3.65. The van der Waals surface area contributed by atoms with Crippen LogP contribution in [-0.4, -0.2) is 50.6 Å². The van der Waals surface area contributed by atoms with Crippen molar-refractivity contribution in [2.75, 3.05) is 19.8 Å². The van der Waals surface area contributed by atoms with E-state index in [2.05, 4.69) is 0 Å². The van der Waals surface area contributed by atoms with Gasteiger partial charge in [0, 0.05) is 0 Å². The molecule has 0 spiro atoms. The highest BCUT2D eigenvalue weighted by molar-refractivity contribution is 5.14. The van der Waals surface area contributed by atoms with Crippen LogP contribution in [0, 0.1) is 0 Å². The van der Waals surface area contributed by atoms with E-state index >= 15 is 0 Å². The Morgan fingerprint density at radius 1 is 0.800 bits per heavy atom. The summed E-state index contributed by atoms with van der Waals surface area (Å²) in [5, 5.41) is 0. The van der Waals surface area contributed by atoms with E-state index in [0.29, 0.717) is 19.8 Å². The summed E-state index contributed by atoms with van der Waals surface area (Å²) < 4.78 is 44.5. The molecule has 0 saturated carbocycles. The molecule has 1 saturated heterocycles. The van der Waals surface area contributed by atoms with Gasteiger partial charge in [-0.3, -0.25) is 0 Å². The first kappa shape index (κ1) is 21.2. The summed E-state index contributed by atoms with van der Waals surface area (Å²) in [4.78, 5) is 0. The molecular formula is C24H27FO5. The van der Waals surface area contributed by atoms with Crippen molar-refractivity contribution < 1.29 is 28.1 Å². The zero-order valence-electron chi connectivity index (χ0n) is 16.8. The van der Waals surface area contributed by atoms with Crippen molar-refractivity contribution in [3.63, 3.8) is 0 Å². The number of fused-ring (bicyclic) bond motifs is 2. The standard InChI is InChI=1S/C24H27FO5/c25-24-23(29-16-19-11-5-2-6-12-19)22-21(28-15-18-9-3-1-4-10-18)20(30-24)17-26-13-7-8-14-27-22/h1-12,20-24H,13-17H2/b8-7-/t20?,21-,22?,23?,24-/m1/s1. The Bertz CT molecular complexity index is 785.